The topological polar surface area (TPSA) is 61.6 Å². The average molecular weight is 371 g/mol. The Morgan fingerprint density at radius 1 is 1.23 bits per heavy atom. The van der Waals surface area contributed by atoms with E-state index in [-0.39, 0.29) is 5.97 Å². The Morgan fingerprint density at radius 2 is 2.00 bits per heavy atom. The predicted molar refractivity (Wildman–Crippen MR) is 103 cm³/mol. The number of fused-ring (bicyclic) bond motifs is 1. The first-order valence-corrected chi connectivity index (χ1v) is 9.32. The van der Waals surface area contributed by atoms with Crippen molar-refractivity contribution in [3.63, 3.8) is 0 Å². The molecule has 2 heterocycles. The van der Waals surface area contributed by atoms with Gasteiger partial charge in [-0.1, -0.05) is 0 Å². The smallest absolute Gasteiger partial charge is 0.342 e. The molecule has 0 aliphatic carbocycles. The SMILES string of the molecule is CCOC(=O)c1c(C)oc2ccc(/C(=C/c3cnc(C)s3)OCC)cc12. The molecule has 0 aliphatic rings. The first-order valence-electron chi connectivity index (χ1n) is 8.51. The second-order valence-corrected chi connectivity index (χ2v) is 6.95. The number of hydrogen-bond acceptors (Lipinski definition) is 6. The van der Waals surface area contributed by atoms with Crippen LogP contribution in [0.1, 0.15) is 45.4 Å². The van der Waals surface area contributed by atoms with Crippen molar-refractivity contribution in [2.75, 3.05) is 13.2 Å². The summed E-state index contributed by atoms with van der Waals surface area (Å²) in [5, 5.41) is 1.72. The molecule has 0 N–H and O–H groups in total. The number of thiazole rings is 1. The molecule has 3 aromatic rings. The molecule has 0 atom stereocenters. The van der Waals surface area contributed by atoms with Gasteiger partial charge in [0.1, 0.15) is 22.7 Å². The summed E-state index contributed by atoms with van der Waals surface area (Å²) >= 11 is 1.60. The highest BCUT2D eigenvalue weighted by Crippen LogP contribution is 2.31. The monoisotopic (exact) mass is 371 g/mol. The molecule has 0 aliphatic heterocycles. The van der Waals surface area contributed by atoms with Crippen molar-refractivity contribution in [1.82, 2.24) is 4.98 Å². The maximum absolute atomic E-state index is 12.3. The highest BCUT2D eigenvalue weighted by Gasteiger charge is 2.20. The van der Waals surface area contributed by atoms with Crippen molar-refractivity contribution in [2.24, 2.45) is 0 Å². The zero-order valence-corrected chi connectivity index (χ0v) is 16.1. The summed E-state index contributed by atoms with van der Waals surface area (Å²) in [6.07, 6.45) is 3.79. The number of rotatable bonds is 6. The number of ether oxygens (including phenoxy) is 2. The van der Waals surface area contributed by atoms with Crippen LogP contribution in [0.5, 0.6) is 0 Å². The van der Waals surface area contributed by atoms with Crippen molar-refractivity contribution >= 4 is 40.1 Å². The maximum atomic E-state index is 12.3. The molecular weight excluding hydrogens is 350 g/mol. The van der Waals surface area contributed by atoms with Crippen LogP contribution in [0.25, 0.3) is 22.8 Å². The second-order valence-electron chi connectivity index (χ2n) is 5.69. The minimum Gasteiger partial charge on any atom is -0.493 e. The van der Waals surface area contributed by atoms with Crippen LogP contribution >= 0.6 is 11.3 Å². The van der Waals surface area contributed by atoms with E-state index in [1.807, 2.05) is 44.3 Å². The summed E-state index contributed by atoms with van der Waals surface area (Å²) < 4.78 is 16.7. The molecule has 0 fully saturated rings. The van der Waals surface area contributed by atoms with Gasteiger partial charge < -0.3 is 13.9 Å². The van der Waals surface area contributed by atoms with Crippen LogP contribution in [0.3, 0.4) is 0 Å². The molecule has 0 amide bonds. The Balaban J connectivity index is 2.09. The van der Waals surface area contributed by atoms with Gasteiger partial charge in [-0.25, -0.2) is 9.78 Å². The minimum absolute atomic E-state index is 0.319. The quantitative estimate of drug-likeness (QED) is 0.439. The van der Waals surface area contributed by atoms with Crippen LogP contribution in [0.2, 0.25) is 0 Å². The average Bonchev–Trinajstić information content (AvgIpc) is 3.16. The molecule has 136 valence electrons. The summed E-state index contributed by atoms with van der Waals surface area (Å²) in [4.78, 5) is 17.6. The third-order valence-electron chi connectivity index (χ3n) is 3.84. The van der Waals surface area contributed by atoms with Crippen LogP contribution in [0.15, 0.2) is 28.8 Å². The van der Waals surface area contributed by atoms with Crippen LogP contribution in [0.4, 0.5) is 0 Å². The van der Waals surface area contributed by atoms with Gasteiger partial charge in [0.05, 0.1) is 23.1 Å². The molecule has 0 radical (unpaired) electrons. The van der Waals surface area contributed by atoms with E-state index < -0.39 is 0 Å². The number of benzene rings is 1. The number of carbonyl (C=O) groups is 1. The lowest BCUT2D eigenvalue weighted by atomic mass is 10.1. The number of nitrogens with zero attached hydrogens (tertiary/aromatic N) is 1. The van der Waals surface area contributed by atoms with E-state index in [2.05, 4.69) is 4.98 Å². The fraction of sp³-hybridized carbons (Fsp3) is 0.300. The summed E-state index contributed by atoms with van der Waals surface area (Å²) in [5.41, 5.74) is 1.99. The third kappa shape index (κ3) is 3.65. The van der Waals surface area contributed by atoms with Gasteiger partial charge in [-0.15, -0.1) is 11.3 Å². The van der Waals surface area contributed by atoms with E-state index in [1.54, 1.807) is 25.2 Å². The molecular formula is C20H21NO4S. The lowest BCUT2D eigenvalue weighted by molar-refractivity contribution is 0.0526. The summed E-state index contributed by atoms with van der Waals surface area (Å²) in [6, 6.07) is 5.69. The standard InChI is InChI=1S/C20H21NO4S/c1-5-23-18(10-15-11-21-13(4)26-15)14-7-8-17-16(9-14)19(12(3)25-17)20(22)24-6-2/h7-11H,5-6H2,1-4H3/b18-10-. The maximum Gasteiger partial charge on any atom is 0.342 e. The molecule has 0 saturated carbocycles. The summed E-state index contributed by atoms with van der Waals surface area (Å²) in [5.74, 6) is 0.906. The highest BCUT2D eigenvalue weighted by molar-refractivity contribution is 7.12. The first kappa shape index (κ1) is 18.2. The van der Waals surface area contributed by atoms with E-state index in [1.165, 1.54) is 0 Å². The van der Waals surface area contributed by atoms with Gasteiger partial charge >= 0.3 is 5.97 Å². The number of aryl methyl sites for hydroxylation is 2. The van der Waals surface area contributed by atoms with Crippen molar-refractivity contribution < 1.29 is 18.7 Å². The summed E-state index contributed by atoms with van der Waals surface area (Å²) in [7, 11) is 0. The predicted octanol–water partition coefficient (Wildman–Crippen LogP) is 5.22. The number of furan rings is 1. The van der Waals surface area contributed by atoms with Gasteiger partial charge in [0.25, 0.3) is 0 Å². The Labute approximate surface area is 156 Å². The molecule has 26 heavy (non-hydrogen) atoms. The van der Waals surface area contributed by atoms with Crippen molar-refractivity contribution in [2.45, 2.75) is 27.7 Å². The van der Waals surface area contributed by atoms with Gasteiger partial charge in [-0.3, -0.25) is 0 Å². The Morgan fingerprint density at radius 3 is 2.65 bits per heavy atom. The van der Waals surface area contributed by atoms with E-state index in [0.717, 1.165) is 26.6 Å². The third-order valence-corrected chi connectivity index (χ3v) is 4.70. The van der Waals surface area contributed by atoms with E-state index in [0.29, 0.717) is 30.1 Å². The number of aromatic nitrogens is 1. The number of carbonyl (C=O) groups excluding carboxylic acids is 1. The summed E-state index contributed by atoms with van der Waals surface area (Å²) in [6.45, 7) is 8.32. The molecule has 3 rings (SSSR count). The molecule has 0 unspecified atom stereocenters. The molecule has 0 saturated heterocycles. The Bertz CT molecular complexity index is 968. The van der Waals surface area contributed by atoms with Crippen LogP contribution in [0, 0.1) is 13.8 Å². The molecule has 6 heteroatoms. The molecule has 0 spiro atoms. The fourth-order valence-electron chi connectivity index (χ4n) is 2.77. The van der Waals surface area contributed by atoms with Crippen molar-refractivity contribution in [3.8, 4) is 0 Å². The van der Waals surface area contributed by atoms with Gasteiger partial charge in [0, 0.05) is 17.1 Å². The normalized spacial score (nSPS) is 11.8. The molecule has 1 aromatic carbocycles. The zero-order valence-electron chi connectivity index (χ0n) is 15.3. The second kappa shape index (κ2) is 7.74. The lowest BCUT2D eigenvalue weighted by Crippen LogP contribution is -2.05. The number of hydrogen-bond donors (Lipinski definition) is 0. The van der Waals surface area contributed by atoms with E-state index >= 15 is 0 Å². The van der Waals surface area contributed by atoms with Crippen molar-refractivity contribution in [3.05, 3.63) is 51.2 Å². The minimum atomic E-state index is -0.374. The molecule has 5 nitrogen and oxygen atoms in total. The van der Waals surface area contributed by atoms with Crippen LogP contribution in [-0.2, 0) is 9.47 Å². The number of esters is 1. The van der Waals surface area contributed by atoms with Crippen LogP contribution < -0.4 is 0 Å². The first-order chi connectivity index (χ1) is 12.5. The zero-order chi connectivity index (χ0) is 18.7. The van der Waals surface area contributed by atoms with Crippen molar-refractivity contribution in [1.29, 1.82) is 0 Å². The Hall–Kier alpha value is -2.60. The fourth-order valence-corrected chi connectivity index (χ4v) is 3.49. The van der Waals surface area contributed by atoms with Gasteiger partial charge in [-0.05, 0) is 52.0 Å². The van der Waals surface area contributed by atoms with Gasteiger partial charge in [0.2, 0.25) is 0 Å². The van der Waals surface area contributed by atoms with Crippen LogP contribution in [-0.4, -0.2) is 24.2 Å². The largest absolute Gasteiger partial charge is 0.493 e. The molecule has 0 bridgehead atoms. The van der Waals surface area contributed by atoms with E-state index in [4.69, 9.17) is 13.9 Å². The van der Waals surface area contributed by atoms with Gasteiger partial charge in [-0.2, -0.15) is 0 Å². The lowest BCUT2D eigenvalue weighted by Gasteiger charge is -2.09. The molecule has 2 aromatic heterocycles. The van der Waals surface area contributed by atoms with E-state index in [9.17, 15) is 4.79 Å². The van der Waals surface area contributed by atoms with Gasteiger partial charge in [0.15, 0.2) is 0 Å². The highest BCUT2D eigenvalue weighted by atomic mass is 32.1. The Kier molecular flexibility index (Phi) is 5.42.